The Morgan fingerprint density at radius 3 is 1.56 bits per heavy atom. The molecule has 0 aliphatic heterocycles. The number of hydrogen-bond acceptors (Lipinski definition) is 1. The van der Waals surface area contributed by atoms with Gasteiger partial charge in [0.2, 0.25) is 0 Å². The van der Waals surface area contributed by atoms with E-state index in [1.54, 1.807) is 0 Å². The smallest absolute Gasteiger partial charge is 0.0719 e. The van der Waals surface area contributed by atoms with Crippen molar-refractivity contribution in [3.63, 3.8) is 0 Å². The third-order valence-electron chi connectivity index (χ3n) is 11.3. The predicted molar refractivity (Wildman–Crippen MR) is 223 cm³/mol. The fourth-order valence-electron chi connectivity index (χ4n) is 8.97. The molecule has 1 aliphatic carbocycles. The summed E-state index contributed by atoms with van der Waals surface area (Å²) in [6.45, 7) is 0. The van der Waals surface area contributed by atoms with E-state index in [0.29, 0.717) is 0 Å². The molecule has 1 aliphatic rings. The summed E-state index contributed by atoms with van der Waals surface area (Å²) in [7, 11) is 0. The average molecular weight is 677 g/mol. The van der Waals surface area contributed by atoms with Gasteiger partial charge in [0.25, 0.3) is 0 Å². The van der Waals surface area contributed by atoms with Crippen LogP contribution in [0.4, 0.5) is 0 Å². The van der Waals surface area contributed by atoms with Gasteiger partial charge in [0.15, 0.2) is 0 Å². The minimum atomic E-state index is -0.419. The lowest BCUT2D eigenvalue weighted by Crippen LogP contribution is -2.28. The summed E-state index contributed by atoms with van der Waals surface area (Å²) in [6.07, 6.45) is 0. The predicted octanol–water partition coefficient (Wildman–Crippen LogP) is 14.1. The highest BCUT2D eigenvalue weighted by Crippen LogP contribution is 2.58. The zero-order valence-electron chi connectivity index (χ0n) is 28.4. The molecular formula is C51H32S. The average Bonchev–Trinajstić information content (AvgIpc) is 3.74. The van der Waals surface area contributed by atoms with Gasteiger partial charge in [-0.1, -0.05) is 164 Å². The van der Waals surface area contributed by atoms with Gasteiger partial charge in [-0.3, -0.25) is 0 Å². The molecule has 0 saturated carbocycles. The van der Waals surface area contributed by atoms with Crippen molar-refractivity contribution >= 4 is 53.1 Å². The molecule has 10 aromatic rings. The second-order valence-electron chi connectivity index (χ2n) is 14.0. The molecule has 1 aromatic heterocycles. The second-order valence-corrected chi connectivity index (χ2v) is 15.1. The van der Waals surface area contributed by atoms with Crippen LogP contribution in [0, 0.1) is 0 Å². The molecule has 0 bridgehead atoms. The molecule has 11 rings (SSSR count). The molecule has 0 fully saturated rings. The van der Waals surface area contributed by atoms with Crippen LogP contribution in [0.1, 0.15) is 22.3 Å². The van der Waals surface area contributed by atoms with Crippen molar-refractivity contribution in [3.05, 3.63) is 216 Å². The maximum absolute atomic E-state index is 2.38. The molecule has 0 N–H and O–H groups in total. The van der Waals surface area contributed by atoms with Crippen LogP contribution >= 0.6 is 11.3 Å². The Morgan fingerprint density at radius 2 is 0.846 bits per heavy atom. The van der Waals surface area contributed by atoms with Crippen LogP contribution in [0.15, 0.2) is 194 Å². The maximum atomic E-state index is 2.38. The van der Waals surface area contributed by atoms with Crippen LogP contribution < -0.4 is 0 Å². The Morgan fingerprint density at radius 1 is 0.327 bits per heavy atom. The summed E-state index contributed by atoms with van der Waals surface area (Å²) in [5, 5.41) is 7.74. The van der Waals surface area contributed by atoms with Crippen LogP contribution in [0.5, 0.6) is 0 Å². The molecule has 0 atom stereocenters. The highest BCUT2D eigenvalue weighted by atomic mass is 32.1. The Labute approximate surface area is 306 Å². The lowest BCUT2D eigenvalue weighted by molar-refractivity contribution is 0.775. The zero-order chi connectivity index (χ0) is 34.2. The van der Waals surface area contributed by atoms with Gasteiger partial charge in [-0.05, 0) is 108 Å². The highest BCUT2D eigenvalue weighted by Gasteiger charge is 2.46. The van der Waals surface area contributed by atoms with Gasteiger partial charge in [-0.25, -0.2) is 0 Å². The Hall–Kier alpha value is -6.28. The first-order valence-electron chi connectivity index (χ1n) is 18.0. The van der Waals surface area contributed by atoms with Gasteiger partial charge in [0.1, 0.15) is 0 Å². The van der Waals surface area contributed by atoms with E-state index in [-0.39, 0.29) is 0 Å². The number of thiophene rings is 1. The van der Waals surface area contributed by atoms with E-state index in [2.05, 4.69) is 194 Å². The molecule has 0 unspecified atom stereocenters. The number of benzene rings is 9. The highest BCUT2D eigenvalue weighted by molar-refractivity contribution is 7.25. The maximum Gasteiger partial charge on any atom is 0.0719 e. The first-order valence-corrected chi connectivity index (χ1v) is 18.8. The summed E-state index contributed by atoms with van der Waals surface area (Å²) in [5.74, 6) is 0. The molecule has 1 heteroatoms. The van der Waals surface area contributed by atoms with Crippen molar-refractivity contribution in [1.29, 1.82) is 0 Å². The van der Waals surface area contributed by atoms with Gasteiger partial charge in [0.05, 0.1) is 5.41 Å². The number of fused-ring (bicyclic) bond motifs is 9. The third-order valence-corrected chi connectivity index (χ3v) is 12.4. The van der Waals surface area contributed by atoms with Crippen LogP contribution in [-0.4, -0.2) is 0 Å². The molecule has 0 nitrogen and oxygen atoms in total. The molecule has 0 amide bonds. The molecule has 0 spiro atoms. The van der Waals surface area contributed by atoms with Crippen LogP contribution in [0.2, 0.25) is 0 Å². The summed E-state index contributed by atoms with van der Waals surface area (Å²) in [4.78, 5) is 0. The van der Waals surface area contributed by atoms with Crippen molar-refractivity contribution in [2.24, 2.45) is 0 Å². The largest absolute Gasteiger partial charge is 0.135 e. The van der Waals surface area contributed by atoms with Crippen molar-refractivity contribution in [2.45, 2.75) is 5.41 Å². The third kappa shape index (κ3) is 4.27. The summed E-state index contributed by atoms with van der Waals surface area (Å²) in [5.41, 5.74) is 12.5. The Bertz CT molecular complexity index is 2960. The van der Waals surface area contributed by atoms with E-state index >= 15 is 0 Å². The number of rotatable bonds is 4. The van der Waals surface area contributed by atoms with Crippen LogP contribution in [-0.2, 0) is 5.41 Å². The molecule has 1 heterocycles. The Kier molecular flexibility index (Phi) is 6.44. The summed E-state index contributed by atoms with van der Waals surface area (Å²) >= 11 is 1.88. The molecule has 0 saturated heterocycles. The zero-order valence-corrected chi connectivity index (χ0v) is 29.2. The van der Waals surface area contributed by atoms with E-state index in [0.717, 1.165) is 0 Å². The van der Waals surface area contributed by atoms with E-state index in [9.17, 15) is 0 Å². The fourth-order valence-corrected chi connectivity index (χ4v) is 10.1. The molecule has 242 valence electrons. The minimum absolute atomic E-state index is 0.419. The summed E-state index contributed by atoms with van der Waals surface area (Å²) in [6, 6.07) is 72.3. The molecule has 9 aromatic carbocycles. The normalized spacial score (nSPS) is 13.2. The van der Waals surface area contributed by atoms with Gasteiger partial charge in [0, 0.05) is 20.2 Å². The SMILES string of the molecule is c1ccc(C2(c3ccccc3)c3ccccc3-c3ccc4cc(-c5ccc6cc(-c7ccc8c(c7)sc7ccccc78)ccc6c5)ccc4c32)cc1. The molecule has 0 radical (unpaired) electrons. The van der Waals surface area contributed by atoms with Gasteiger partial charge < -0.3 is 0 Å². The fraction of sp³-hybridized carbons (Fsp3) is 0.0196. The lowest BCUT2D eigenvalue weighted by atomic mass is 9.66. The first kappa shape index (κ1) is 29.5. The van der Waals surface area contributed by atoms with E-state index in [1.807, 2.05) is 11.3 Å². The molecular weight excluding hydrogens is 645 g/mol. The van der Waals surface area contributed by atoms with Crippen molar-refractivity contribution in [3.8, 4) is 33.4 Å². The van der Waals surface area contributed by atoms with Gasteiger partial charge in [-0.2, -0.15) is 0 Å². The van der Waals surface area contributed by atoms with Crippen LogP contribution in [0.25, 0.3) is 75.1 Å². The van der Waals surface area contributed by atoms with Crippen molar-refractivity contribution in [1.82, 2.24) is 0 Å². The minimum Gasteiger partial charge on any atom is -0.135 e. The molecule has 52 heavy (non-hydrogen) atoms. The quantitative estimate of drug-likeness (QED) is 0.174. The van der Waals surface area contributed by atoms with Gasteiger partial charge >= 0.3 is 0 Å². The van der Waals surface area contributed by atoms with E-state index in [1.165, 1.54) is 97.4 Å². The Balaban J connectivity index is 1.03. The number of hydrogen-bond donors (Lipinski definition) is 0. The summed E-state index contributed by atoms with van der Waals surface area (Å²) < 4.78 is 2.68. The second kappa shape index (κ2) is 11.4. The van der Waals surface area contributed by atoms with Crippen molar-refractivity contribution in [2.75, 3.05) is 0 Å². The topological polar surface area (TPSA) is 0 Å². The van der Waals surface area contributed by atoms with Gasteiger partial charge in [-0.15, -0.1) is 11.3 Å². The van der Waals surface area contributed by atoms with E-state index < -0.39 is 5.41 Å². The van der Waals surface area contributed by atoms with Crippen molar-refractivity contribution < 1.29 is 0 Å². The standard InChI is InChI=1S/C51H32S/c1-3-11-40(12-4-1)51(41-13-5-2-6-14-41)47-17-9-7-15-43(47)46-28-25-39-31-37(23-26-42(39)50(46)51)35-20-19-34-30-36(22-21-33(34)29-35)38-24-27-45-44-16-8-10-18-48(44)52-49(45)32-38/h1-32H. The first-order chi connectivity index (χ1) is 25.8. The van der Waals surface area contributed by atoms with Crippen LogP contribution in [0.3, 0.4) is 0 Å². The van der Waals surface area contributed by atoms with E-state index in [4.69, 9.17) is 0 Å². The monoisotopic (exact) mass is 676 g/mol. The lowest BCUT2D eigenvalue weighted by Gasteiger charge is -2.34.